The Morgan fingerprint density at radius 1 is 1.12 bits per heavy atom. The Balaban J connectivity index is 1.26. The lowest BCUT2D eigenvalue weighted by atomic mass is 9.49. The minimum atomic E-state index is -2.94. The van der Waals surface area contributed by atoms with Crippen LogP contribution >= 0.6 is 0 Å². The number of hydrogen-bond acceptors (Lipinski definition) is 4. The van der Waals surface area contributed by atoms with Gasteiger partial charge in [0.05, 0.1) is 7.11 Å². The average Bonchev–Trinajstić information content (AvgIpc) is 2.73. The van der Waals surface area contributed by atoms with Crippen molar-refractivity contribution in [2.24, 2.45) is 23.2 Å². The molecule has 1 aromatic carbocycles. The molecule has 0 spiro atoms. The first kappa shape index (κ1) is 22.8. The molecule has 0 saturated heterocycles. The number of ether oxygens (including phenoxy) is 2. The van der Waals surface area contributed by atoms with Crippen LogP contribution < -0.4 is 14.8 Å². The van der Waals surface area contributed by atoms with Crippen LogP contribution in [-0.2, 0) is 16.1 Å². The van der Waals surface area contributed by atoms with Gasteiger partial charge in [-0.1, -0.05) is 6.07 Å². The SMILES string of the molecule is COc1cc(CN(C)C(=O)CCNC(=O)C23CC4CC(CC(C4)C2)C3)ccc1OC(F)F. The second-order valence-corrected chi connectivity index (χ2v) is 9.82. The normalized spacial score (nSPS) is 28.0. The molecule has 2 amide bonds. The molecule has 1 N–H and O–H groups in total. The van der Waals surface area contributed by atoms with E-state index >= 15 is 0 Å². The average molecular weight is 451 g/mol. The minimum Gasteiger partial charge on any atom is -0.493 e. The van der Waals surface area contributed by atoms with Gasteiger partial charge in [0.15, 0.2) is 11.5 Å². The Labute approximate surface area is 187 Å². The van der Waals surface area contributed by atoms with Crippen molar-refractivity contribution in [3.63, 3.8) is 0 Å². The maximum atomic E-state index is 13.0. The van der Waals surface area contributed by atoms with Gasteiger partial charge in [0.25, 0.3) is 0 Å². The standard InChI is InChI=1S/C24H32F2N2O4/c1-28(14-15-3-4-19(32-23(25)26)20(10-15)31-2)21(29)5-6-27-22(30)24-11-16-7-17(12-24)9-18(8-16)13-24/h3-4,10,16-18,23H,5-9,11-14H2,1-2H3,(H,27,30). The molecule has 176 valence electrons. The molecule has 0 unspecified atom stereocenters. The van der Waals surface area contributed by atoms with Crippen LogP contribution in [0.2, 0.25) is 0 Å². The number of carbonyl (C=O) groups excluding carboxylic acids is 2. The summed E-state index contributed by atoms with van der Waals surface area (Å²) in [4.78, 5) is 27.1. The quantitative estimate of drug-likeness (QED) is 0.618. The molecule has 6 nitrogen and oxygen atoms in total. The number of halogens is 2. The lowest BCUT2D eigenvalue weighted by Gasteiger charge is -2.55. The number of benzene rings is 1. The number of nitrogens with zero attached hydrogens (tertiary/aromatic N) is 1. The van der Waals surface area contributed by atoms with Crippen LogP contribution in [0.5, 0.6) is 11.5 Å². The zero-order chi connectivity index (χ0) is 22.9. The number of rotatable bonds is 9. The zero-order valence-corrected chi connectivity index (χ0v) is 18.7. The van der Waals surface area contributed by atoms with Gasteiger partial charge in [0.1, 0.15) is 0 Å². The second-order valence-electron chi connectivity index (χ2n) is 9.82. The molecule has 4 fully saturated rings. The predicted molar refractivity (Wildman–Crippen MR) is 114 cm³/mol. The monoisotopic (exact) mass is 450 g/mol. The lowest BCUT2D eigenvalue weighted by Crippen LogP contribution is -2.53. The van der Waals surface area contributed by atoms with Crippen LogP contribution in [0.1, 0.15) is 50.5 Å². The third-order valence-electron chi connectivity index (χ3n) is 7.43. The molecule has 0 heterocycles. The summed E-state index contributed by atoms with van der Waals surface area (Å²) in [5.74, 6) is 2.28. The van der Waals surface area contributed by atoms with Gasteiger partial charge in [-0.2, -0.15) is 8.78 Å². The van der Waals surface area contributed by atoms with Crippen molar-refractivity contribution in [2.75, 3.05) is 20.7 Å². The number of amides is 2. The highest BCUT2D eigenvalue weighted by Crippen LogP contribution is 2.60. The van der Waals surface area contributed by atoms with E-state index in [1.54, 1.807) is 24.1 Å². The van der Waals surface area contributed by atoms with Crippen LogP contribution in [0.25, 0.3) is 0 Å². The fourth-order valence-corrected chi connectivity index (χ4v) is 6.42. The summed E-state index contributed by atoms with van der Waals surface area (Å²) in [7, 11) is 3.05. The zero-order valence-electron chi connectivity index (χ0n) is 18.7. The summed E-state index contributed by atoms with van der Waals surface area (Å²) >= 11 is 0. The number of alkyl halides is 2. The van der Waals surface area contributed by atoms with Crippen molar-refractivity contribution in [1.29, 1.82) is 0 Å². The third kappa shape index (κ3) is 4.84. The summed E-state index contributed by atoms with van der Waals surface area (Å²) in [5.41, 5.74) is 0.527. The van der Waals surface area contributed by atoms with Crippen LogP contribution in [0.3, 0.4) is 0 Å². The van der Waals surface area contributed by atoms with E-state index < -0.39 is 6.61 Å². The fourth-order valence-electron chi connectivity index (χ4n) is 6.42. The van der Waals surface area contributed by atoms with Gasteiger partial charge in [-0.25, -0.2) is 0 Å². The molecule has 4 aliphatic rings. The highest BCUT2D eigenvalue weighted by molar-refractivity contribution is 5.84. The number of nitrogens with one attached hydrogen (secondary N) is 1. The highest BCUT2D eigenvalue weighted by atomic mass is 19.3. The van der Waals surface area contributed by atoms with Crippen molar-refractivity contribution in [3.8, 4) is 11.5 Å². The smallest absolute Gasteiger partial charge is 0.387 e. The molecule has 0 atom stereocenters. The number of hydrogen-bond donors (Lipinski definition) is 1. The molecule has 8 heteroatoms. The largest absolute Gasteiger partial charge is 0.493 e. The first-order valence-corrected chi connectivity index (χ1v) is 11.4. The highest BCUT2D eigenvalue weighted by Gasteiger charge is 2.54. The van der Waals surface area contributed by atoms with Gasteiger partial charge in [-0.15, -0.1) is 0 Å². The molecular formula is C24H32F2N2O4. The molecule has 0 aromatic heterocycles. The maximum absolute atomic E-state index is 13.0. The molecule has 5 rings (SSSR count). The molecule has 4 aliphatic carbocycles. The van der Waals surface area contributed by atoms with Gasteiger partial charge in [0, 0.05) is 32.0 Å². The molecule has 1 aromatic rings. The maximum Gasteiger partial charge on any atom is 0.387 e. The van der Waals surface area contributed by atoms with Gasteiger partial charge in [-0.05, 0) is 74.0 Å². The van der Waals surface area contributed by atoms with Crippen molar-refractivity contribution >= 4 is 11.8 Å². The summed E-state index contributed by atoms with van der Waals surface area (Å²) in [6.07, 6.45) is 7.10. The fraction of sp³-hybridized carbons (Fsp3) is 0.667. The summed E-state index contributed by atoms with van der Waals surface area (Å²) in [5, 5.41) is 3.04. The molecular weight excluding hydrogens is 418 g/mol. The van der Waals surface area contributed by atoms with Crippen LogP contribution in [-0.4, -0.2) is 44.0 Å². The summed E-state index contributed by atoms with van der Waals surface area (Å²) in [6.45, 7) is -2.31. The molecule has 4 saturated carbocycles. The first-order valence-electron chi connectivity index (χ1n) is 11.4. The van der Waals surface area contributed by atoms with Gasteiger partial charge in [-0.3, -0.25) is 9.59 Å². The molecule has 4 bridgehead atoms. The van der Waals surface area contributed by atoms with E-state index in [1.165, 1.54) is 32.4 Å². The van der Waals surface area contributed by atoms with E-state index in [9.17, 15) is 18.4 Å². The van der Waals surface area contributed by atoms with Gasteiger partial charge in [0.2, 0.25) is 11.8 Å². The van der Waals surface area contributed by atoms with Gasteiger partial charge >= 0.3 is 6.61 Å². The van der Waals surface area contributed by atoms with Crippen molar-refractivity contribution in [1.82, 2.24) is 10.2 Å². The topological polar surface area (TPSA) is 67.9 Å². The Kier molecular flexibility index (Phi) is 6.58. The van der Waals surface area contributed by atoms with Crippen molar-refractivity contribution < 1.29 is 27.8 Å². The third-order valence-corrected chi connectivity index (χ3v) is 7.43. The Morgan fingerprint density at radius 3 is 2.31 bits per heavy atom. The Bertz CT molecular complexity index is 825. The van der Waals surface area contributed by atoms with Crippen molar-refractivity contribution in [3.05, 3.63) is 23.8 Å². The van der Waals surface area contributed by atoms with E-state index in [2.05, 4.69) is 10.1 Å². The van der Waals surface area contributed by atoms with E-state index in [0.717, 1.165) is 24.8 Å². The van der Waals surface area contributed by atoms with Gasteiger partial charge < -0.3 is 19.7 Å². The van der Waals surface area contributed by atoms with E-state index in [1.807, 2.05) is 0 Å². The van der Waals surface area contributed by atoms with E-state index in [0.29, 0.717) is 30.8 Å². The summed E-state index contributed by atoms with van der Waals surface area (Å²) in [6, 6.07) is 4.61. The lowest BCUT2D eigenvalue weighted by molar-refractivity contribution is -0.146. The summed E-state index contributed by atoms with van der Waals surface area (Å²) < 4.78 is 34.5. The van der Waals surface area contributed by atoms with Crippen LogP contribution in [0, 0.1) is 23.2 Å². The van der Waals surface area contributed by atoms with Crippen LogP contribution in [0.15, 0.2) is 18.2 Å². The van der Waals surface area contributed by atoms with E-state index in [-0.39, 0.29) is 35.1 Å². The Hall–Kier alpha value is -2.38. The number of carbonyl (C=O) groups is 2. The van der Waals surface area contributed by atoms with Crippen LogP contribution in [0.4, 0.5) is 8.78 Å². The van der Waals surface area contributed by atoms with E-state index in [4.69, 9.17) is 4.74 Å². The van der Waals surface area contributed by atoms with Crippen molar-refractivity contribution in [2.45, 2.75) is 58.1 Å². The first-order chi connectivity index (χ1) is 15.3. The molecule has 0 radical (unpaired) electrons. The molecule has 32 heavy (non-hydrogen) atoms. The second kappa shape index (κ2) is 9.24. The molecule has 0 aliphatic heterocycles. The number of methoxy groups -OCH3 is 1. The predicted octanol–water partition coefficient (Wildman–Crippen LogP) is 3.98. The Morgan fingerprint density at radius 2 is 1.75 bits per heavy atom. The minimum absolute atomic E-state index is 0.0485.